The molecule has 0 bridgehead atoms. The van der Waals surface area contributed by atoms with E-state index in [-0.39, 0.29) is 21.7 Å². The van der Waals surface area contributed by atoms with Crippen LogP contribution in [0.15, 0.2) is 47.4 Å². The molecule has 1 aliphatic heterocycles. The van der Waals surface area contributed by atoms with Crippen molar-refractivity contribution in [3.63, 3.8) is 0 Å². The highest BCUT2D eigenvalue weighted by atomic mass is 32.2. The van der Waals surface area contributed by atoms with Crippen LogP contribution in [0.25, 0.3) is 0 Å². The van der Waals surface area contributed by atoms with Gasteiger partial charge >= 0.3 is 0 Å². The van der Waals surface area contributed by atoms with Crippen LogP contribution >= 0.6 is 0 Å². The van der Waals surface area contributed by atoms with Gasteiger partial charge in [0.1, 0.15) is 17.3 Å². The maximum absolute atomic E-state index is 14.2. The molecular weight excluding hydrogens is 363 g/mol. The van der Waals surface area contributed by atoms with Crippen molar-refractivity contribution in [3.05, 3.63) is 59.4 Å². The third-order valence-electron chi connectivity index (χ3n) is 3.79. The first-order valence-electron chi connectivity index (χ1n) is 7.48. The summed E-state index contributed by atoms with van der Waals surface area (Å²) in [4.78, 5) is 35.4. The Labute approximate surface area is 148 Å². The van der Waals surface area contributed by atoms with E-state index in [9.17, 15) is 27.2 Å². The molecule has 0 saturated heterocycles. The number of nitrogens with zero attached hydrogens (tertiary/aromatic N) is 1. The standard InChI is InChI=1S/C17H13FN2O5S/c1-10(21)19-11-6-7-12(14(18)8-11)15(22)9-20-17(23)13-4-2-3-5-16(13)26(20,24)25/h2-8H,9H2,1H3,(H,19,21). The Bertz CT molecular complexity index is 1050. The number of benzene rings is 2. The smallest absolute Gasteiger partial charge is 0.269 e. The van der Waals surface area contributed by atoms with Crippen molar-refractivity contribution in [1.82, 2.24) is 4.31 Å². The van der Waals surface area contributed by atoms with Crippen LogP contribution in [0.5, 0.6) is 0 Å². The number of carbonyl (C=O) groups excluding carboxylic acids is 3. The van der Waals surface area contributed by atoms with E-state index in [0.717, 1.165) is 12.1 Å². The van der Waals surface area contributed by atoms with Crippen LogP contribution in [0.3, 0.4) is 0 Å². The average Bonchev–Trinajstić information content (AvgIpc) is 2.76. The number of ketones is 1. The van der Waals surface area contributed by atoms with Gasteiger partial charge in [0.25, 0.3) is 15.9 Å². The minimum atomic E-state index is -4.15. The van der Waals surface area contributed by atoms with E-state index in [0.29, 0.717) is 4.31 Å². The molecule has 0 atom stereocenters. The Morgan fingerprint density at radius 2 is 1.85 bits per heavy atom. The largest absolute Gasteiger partial charge is 0.326 e. The Balaban J connectivity index is 1.87. The summed E-state index contributed by atoms with van der Waals surface area (Å²) >= 11 is 0. The number of fused-ring (bicyclic) bond motifs is 1. The van der Waals surface area contributed by atoms with Crippen LogP contribution in [0.2, 0.25) is 0 Å². The summed E-state index contributed by atoms with van der Waals surface area (Å²) < 4.78 is 39.5. The van der Waals surface area contributed by atoms with Crippen molar-refractivity contribution in [1.29, 1.82) is 0 Å². The molecule has 0 aromatic heterocycles. The molecule has 7 nitrogen and oxygen atoms in total. The third-order valence-corrected chi connectivity index (χ3v) is 5.58. The Hall–Kier alpha value is -3.07. The van der Waals surface area contributed by atoms with E-state index in [1.165, 1.54) is 37.3 Å². The summed E-state index contributed by atoms with van der Waals surface area (Å²) in [6.07, 6.45) is 0. The Morgan fingerprint density at radius 1 is 1.15 bits per heavy atom. The number of nitrogens with one attached hydrogen (secondary N) is 1. The molecular formula is C17H13FN2O5S. The summed E-state index contributed by atoms with van der Waals surface area (Å²) in [6.45, 7) is 0.435. The van der Waals surface area contributed by atoms with E-state index in [1.807, 2.05) is 0 Å². The van der Waals surface area contributed by atoms with Crippen LogP contribution in [0.1, 0.15) is 27.6 Å². The van der Waals surface area contributed by atoms with Gasteiger partial charge in [0, 0.05) is 12.6 Å². The van der Waals surface area contributed by atoms with Gasteiger partial charge in [0.05, 0.1) is 11.1 Å². The molecule has 26 heavy (non-hydrogen) atoms. The highest BCUT2D eigenvalue weighted by molar-refractivity contribution is 7.90. The minimum Gasteiger partial charge on any atom is -0.326 e. The van der Waals surface area contributed by atoms with Gasteiger partial charge < -0.3 is 5.32 Å². The second kappa shape index (κ2) is 6.34. The van der Waals surface area contributed by atoms with Crippen molar-refractivity contribution >= 4 is 33.3 Å². The molecule has 0 saturated carbocycles. The zero-order chi connectivity index (χ0) is 19.1. The molecule has 0 aliphatic carbocycles. The number of anilines is 1. The number of rotatable bonds is 4. The molecule has 2 aromatic rings. The summed E-state index contributed by atoms with van der Waals surface area (Å²) in [5.41, 5.74) is -0.247. The summed E-state index contributed by atoms with van der Waals surface area (Å²) in [5, 5.41) is 2.37. The van der Waals surface area contributed by atoms with Crippen molar-refractivity contribution < 1.29 is 27.2 Å². The monoisotopic (exact) mass is 376 g/mol. The molecule has 9 heteroatoms. The Kier molecular flexibility index (Phi) is 4.33. The van der Waals surface area contributed by atoms with Crippen molar-refractivity contribution in [2.24, 2.45) is 0 Å². The fourth-order valence-corrected chi connectivity index (χ4v) is 4.15. The van der Waals surface area contributed by atoms with Crippen LogP contribution in [0.4, 0.5) is 10.1 Å². The first kappa shape index (κ1) is 17.7. The number of halogens is 1. The van der Waals surface area contributed by atoms with E-state index in [2.05, 4.69) is 5.32 Å². The van der Waals surface area contributed by atoms with E-state index in [4.69, 9.17) is 0 Å². The molecule has 1 N–H and O–H groups in total. The molecule has 0 spiro atoms. The van der Waals surface area contributed by atoms with Crippen molar-refractivity contribution in [2.45, 2.75) is 11.8 Å². The second-order valence-electron chi connectivity index (χ2n) is 5.61. The van der Waals surface area contributed by atoms with Gasteiger partial charge in [-0.2, -0.15) is 0 Å². The van der Waals surface area contributed by atoms with Crippen molar-refractivity contribution in [2.75, 3.05) is 11.9 Å². The number of hydrogen-bond donors (Lipinski definition) is 1. The number of amides is 2. The fraction of sp³-hybridized carbons (Fsp3) is 0.118. The van der Waals surface area contributed by atoms with E-state index in [1.54, 1.807) is 0 Å². The molecule has 2 aromatic carbocycles. The molecule has 0 unspecified atom stereocenters. The van der Waals surface area contributed by atoms with E-state index < -0.39 is 40.0 Å². The van der Waals surface area contributed by atoms with Gasteiger partial charge in [0.15, 0.2) is 5.78 Å². The fourth-order valence-electron chi connectivity index (χ4n) is 2.63. The van der Waals surface area contributed by atoms with Gasteiger partial charge in [-0.25, -0.2) is 17.1 Å². The van der Waals surface area contributed by atoms with Crippen LogP contribution in [0, 0.1) is 5.82 Å². The third kappa shape index (κ3) is 2.97. The molecule has 1 aliphatic rings. The summed E-state index contributed by atoms with van der Waals surface area (Å²) in [7, 11) is -4.15. The van der Waals surface area contributed by atoms with Gasteiger partial charge in [-0.1, -0.05) is 12.1 Å². The lowest BCUT2D eigenvalue weighted by molar-refractivity contribution is -0.114. The van der Waals surface area contributed by atoms with Gasteiger partial charge in [-0.15, -0.1) is 0 Å². The predicted octanol–water partition coefficient (Wildman–Crippen LogP) is 1.81. The number of carbonyl (C=O) groups is 3. The first-order chi connectivity index (χ1) is 12.2. The highest BCUT2D eigenvalue weighted by Gasteiger charge is 2.42. The number of sulfonamides is 1. The predicted molar refractivity (Wildman–Crippen MR) is 89.7 cm³/mol. The number of Topliss-reactive ketones (excluding diaryl/α,β-unsaturated/α-hetero) is 1. The average molecular weight is 376 g/mol. The molecule has 2 amide bonds. The topological polar surface area (TPSA) is 101 Å². The zero-order valence-corrected chi connectivity index (χ0v) is 14.3. The normalized spacial score (nSPS) is 14.8. The maximum Gasteiger partial charge on any atom is 0.269 e. The zero-order valence-electron chi connectivity index (χ0n) is 13.5. The lowest BCUT2D eigenvalue weighted by Gasteiger charge is -2.14. The summed E-state index contributed by atoms with van der Waals surface area (Å²) in [6, 6.07) is 8.99. The Morgan fingerprint density at radius 3 is 2.46 bits per heavy atom. The lowest BCUT2D eigenvalue weighted by atomic mass is 10.1. The quantitative estimate of drug-likeness (QED) is 0.821. The maximum atomic E-state index is 14.2. The lowest BCUT2D eigenvalue weighted by Crippen LogP contribution is -2.35. The second-order valence-corrected chi connectivity index (χ2v) is 7.44. The van der Waals surface area contributed by atoms with Crippen LogP contribution in [-0.4, -0.2) is 36.9 Å². The van der Waals surface area contributed by atoms with Crippen LogP contribution in [-0.2, 0) is 14.8 Å². The minimum absolute atomic E-state index is 0.0261. The molecule has 3 rings (SSSR count). The first-order valence-corrected chi connectivity index (χ1v) is 8.92. The highest BCUT2D eigenvalue weighted by Crippen LogP contribution is 2.30. The van der Waals surface area contributed by atoms with Gasteiger partial charge in [0.2, 0.25) is 5.91 Å². The SMILES string of the molecule is CC(=O)Nc1ccc(C(=O)CN2C(=O)c3ccccc3S2(=O)=O)c(F)c1. The van der Waals surface area contributed by atoms with Crippen molar-refractivity contribution in [3.8, 4) is 0 Å². The van der Waals surface area contributed by atoms with Crippen LogP contribution < -0.4 is 5.32 Å². The van der Waals surface area contributed by atoms with E-state index >= 15 is 0 Å². The van der Waals surface area contributed by atoms with Gasteiger partial charge in [-0.3, -0.25) is 14.4 Å². The molecule has 0 radical (unpaired) electrons. The number of hydrogen-bond acceptors (Lipinski definition) is 5. The van der Waals surface area contributed by atoms with Gasteiger partial charge in [-0.05, 0) is 30.3 Å². The molecule has 134 valence electrons. The summed E-state index contributed by atoms with van der Waals surface area (Å²) in [5.74, 6) is -3.04. The molecule has 0 fully saturated rings. The molecule has 1 heterocycles.